The van der Waals surface area contributed by atoms with Crippen LogP contribution in [-0.2, 0) is 6.54 Å². The fourth-order valence-electron chi connectivity index (χ4n) is 2.20. The number of imidazole rings is 1. The van der Waals surface area contributed by atoms with E-state index < -0.39 is 4.92 Å². The fourth-order valence-corrected chi connectivity index (χ4v) is 2.20. The second-order valence-corrected chi connectivity index (χ2v) is 5.53. The van der Waals surface area contributed by atoms with Gasteiger partial charge in [-0.15, -0.1) is 0 Å². The van der Waals surface area contributed by atoms with Crippen LogP contribution in [0.25, 0.3) is 0 Å². The van der Waals surface area contributed by atoms with E-state index in [9.17, 15) is 10.1 Å². The maximum absolute atomic E-state index is 11.1. The normalized spacial score (nSPS) is 11.7. The Morgan fingerprint density at radius 2 is 2.11 bits per heavy atom. The van der Waals surface area contributed by atoms with Crippen LogP contribution >= 0.6 is 0 Å². The van der Waals surface area contributed by atoms with Gasteiger partial charge in [-0.3, -0.25) is 4.57 Å². The van der Waals surface area contributed by atoms with Crippen LogP contribution in [-0.4, -0.2) is 34.6 Å². The Bertz CT molecular complexity index is 467. The number of aryl methyl sites for hydroxylation is 1. The molecule has 0 atom stereocenters. The molecule has 0 aliphatic heterocycles. The van der Waals surface area contributed by atoms with Gasteiger partial charge in [-0.1, -0.05) is 13.8 Å². The van der Waals surface area contributed by atoms with Gasteiger partial charge in [0.1, 0.15) is 0 Å². The van der Waals surface area contributed by atoms with E-state index in [2.05, 4.69) is 4.98 Å². The van der Waals surface area contributed by atoms with Crippen molar-refractivity contribution in [3.63, 3.8) is 0 Å². The second-order valence-electron chi connectivity index (χ2n) is 5.53. The van der Waals surface area contributed by atoms with Crippen LogP contribution in [0.3, 0.4) is 0 Å². The quantitative estimate of drug-likeness (QED) is 0.625. The highest BCUT2D eigenvalue weighted by molar-refractivity contribution is 5.55. The van der Waals surface area contributed by atoms with Crippen molar-refractivity contribution in [3.8, 4) is 0 Å². The number of nitro groups is 1. The molecule has 0 spiro atoms. The van der Waals surface area contributed by atoms with Gasteiger partial charge in [-0.2, -0.15) is 0 Å². The molecule has 7 nitrogen and oxygen atoms in total. The van der Waals surface area contributed by atoms with Crippen molar-refractivity contribution in [2.24, 2.45) is 11.1 Å². The zero-order valence-corrected chi connectivity index (χ0v) is 12.3. The predicted octanol–water partition coefficient (Wildman–Crippen LogP) is 1.54. The highest BCUT2D eigenvalue weighted by Crippen LogP contribution is 2.30. The molecule has 0 bridgehead atoms. The van der Waals surface area contributed by atoms with Gasteiger partial charge in [-0.25, -0.2) is 0 Å². The molecular weight excluding hydrogens is 246 g/mol. The van der Waals surface area contributed by atoms with Gasteiger partial charge in [0.25, 0.3) is 0 Å². The third kappa shape index (κ3) is 3.23. The summed E-state index contributed by atoms with van der Waals surface area (Å²) in [6, 6.07) is 0. The Balaban J connectivity index is 3.20. The summed E-state index contributed by atoms with van der Waals surface area (Å²) in [6.07, 6.45) is 0. The summed E-state index contributed by atoms with van der Waals surface area (Å²) in [7, 11) is 1.84. The lowest BCUT2D eigenvalue weighted by Crippen LogP contribution is -2.37. The van der Waals surface area contributed by atoms with Crippen molar-refractivity contribution >= 4 is 11.6 Å². The fraction of sp³-hybridized carbons (Fsp3) is 0.750. The first-order valence-corrected chi connectivity index (χ1v) is 6.36. The summed E-state index contributed by atoms with van der Waals surface area (Å²) in [6.45, 7) is 9.60. The largest absolute Gasteiger partial charge is 0.406 e. The maximum atomic E-state index is 11.1. The van der Waals surface area contributed by atoms with Gasteiger partial charge in [0.15, 0.2) is 0 Å². The zero-order valence-electron chi connectivity index (χ0n) is 12.3. The molecule has 1 aromatic heterocycles. The molecule has 0 saturated heterocycles. The highest BCUT2D eigenvalue weighted by atomic mass is 16.6. The van der Waals surface area contributed by atoms with E-state index in [0.717, 1.165) is 0 Å². The Kier molecular flexibility index (Phi) is 4.52. The van der Waals surface area contributed by atoms with Crippen LogP contribution in [0, 0.1) is 22.5 Å². The first kappa shape index (κ1) is 15.4. The van der Waals surface area contributed by atoms with E-state index in [4.69, 9.17) is 5.73 Å². The molecule has 0 aliphatic rings. The van der Waals surface area contributed by atoms with E-state index in [1.165, 1.54) is 0 Å². The van der Waals surface area contributed by atoms with Crippen molar-refractivity contribution in [1.82, 2.24) is 9.55 Å². The number of nitrogens with two attached hydrogens (primary N) is 1. The first-order chi connectivity index (χ1) is 8.73. The molecule has 1 aromatic rings. The molecule has 0 saturated carbocycles. The summed E-state index contributed by atoms with van der Waals surface area (Å²) >= 11 is 0. The summed E-state index contributed by atoms with van der Waals surface area (Å²) < 4.78 is 1.85. The first-order valence-electron chi connectivity index (χ1n) is 6.36. The Morgan fingerprint density at radius 3 is 2.53 bits per heavy atom. The van der Waals surface area contributed by atoms with E-state index in [0.29, 0.717) is 31.3 Å². The molecule has 1 heterocycles. The standard InChI is InChI=1S/C12H23N5O2/c1-6-16-9(2)14-10(17(18)19)11(16)15(5)8-12(3,4)7-13/h6-8,13H2,1-5H3. The predicted molar refractivity (Wildman–Crippen MR) is 75.4 cm³/mol. The SMILES string of the molecule is CCn1c(C)nc([N+](=O)[O-])c1N(C)CC(C)(C)CN. The molecule has 0 unspecified atom stereocenters. The molecule has 0 amide bonds. The Morgan fingerprint density at radius 1 is 1.53 bits per heavy atom. The molecule has 108 valence electrons. The van der Waals surface area contributed by atoms with Crippen LogP contribution in [0.15, 0.2) is 0 Å². The number of hydrogen-bond donors (Lipinski definition) is 1. The van der Waals surface area contributed by atoms with Crippen LogP contribution < -0.4 is 10.6 Å². The minimum Gasteiger partial charge on any atom is -0.358 e. The minimum atomic E-state index is -0.430. The summed E-state index contributed by atoms with van der Waals surface area (Å²) in [5.41, 5.74) is 5.61. The molecule has 19 heavy (non-hydrogen) atoms. The highest BCUT2D eigenvalue weighted by Gasteiger charge is 2.30. The van der Waals surface area contributed by atoms with Gasteiger partial charge in [0.2, 0.25) is 11.6 Å². The average Bonchev–Trinajstić information content (AvgIpc) is 2.65. The van der Waals surface area contributed by atoms with E-state index in [-0.39, 0.29) is 11.2 Å². The van der Waals surface area contributed by atoms with Crippen LogP contribution in [0.5, 0.6) is 0 Å². The van der Waals surface area contributed by atoms with Crippen molar-refractivity contribution in [2.45, 2.75) is 34.2 Å². The topological polar surface area (TPSA) is 90.2 Å². The number of rotatable bonds is 6. The molecule has 0 aliphatic carbocycles. The summed E-state index contributed by atoms with van der Waals surface area (Å²) in [5.74, 6) is 1.11. The zero-order chi connectivity index (χ0) is 14.8. The third-order valence-corrected chi connectivity index (χ3v) is 3.18. The van der Waals surface area contributed by atoms with Crippen LogP contribution in [0.4, 0.5) is 11.6 Å². The van der Waals surface area contributed by atoms with Crippen molar-refractivity contribution in [1.29, 1.82) is 0 Å². The third-order valence-electron chi connectivity index (χ3n) is 3.18. The number of nitrogens with zero attached hydrogens (tertiary/aromatic N) is 4. The monoisotopic (exact) mass is 269 g/mol. The van der Waals surface area contributed by atoms with E-state index >= 15 is 0 Å². The molecule has 2 N–H and O–H groups in total. The number of anilines is 1. The van der Waals surface area contributed by atoms with Gasteiger partial charge < -0.3 is 20.7 Å². The van der Waals surface area contributed by atoms with Crippen LogP contribution in [0.2, 0.25) is 0 Å². The minimum absolute atomic E-state index is 0.0883. The Labute approximate surface area is 113 Å². The summed E-state index contributed by atoms with van der Waals surface area (Å²) in [4.78, 5) is 16.6. The lowest BCUT2D eigenvalue weighted by atomic mass is 9.93. The molecule has 0 aromatic carbocycles. The van der Waals surface area contributed by atoms with Crippen LogP contribution in [0.1, 0.15) is 26.6 Å². The van der Waals surface area contributed by atoms with Gasteiger partial charge in [-0.05, 0) is 28.8 Å². The van der Waals surface area contributed by atoms with E-state index in [1.807, 2.05) is 37.3 Å². The second kappa shape index (κ2) is 5.56. The molecule has 0 radical (unpaired) electrons. The van der Waals surface area contributed by atoms with Gasteiger partial charge in [0, 0.05) is 27.1 Å². The molecule has 1 rings (SSSR count). The number of hydrogen-bond acceptors (Lipinski definition) is 5. The maximum Gasteiger partial charge on any atom is 0.406 e. The average molecular weight is 269 g/mol. The molecule has 0 fully saturated rings. The number of aromatic nitrogens is 2. The van der Waals surface area contributed by atoms with E-state index in [1.54, 1.807) is 6.92 Å². The Hall–Kier alpha value is -1.63. The van der Waals surface area contributed by atoms with Crippen molar-refractivity contribution in [2.75, 3.05) is 25.0 Å². The van der Waals surface area contributed by atoms with Gasteiger partial charge >= 0.3 is 5.82 Å². The molecule has 7 heteroatoms. The summed E-state index contributed by atoms with van der Waals surface area (Å²) in [5, 5.41) is 11.1. The van der Waals surface area contributed by atoms with Crippen molar-refractivity contribution in [3.05, 3.63) is 15.9 Å². The lowest BCUT2D eigenvalue weighted by Gasteiger charge is -2.30. The molecular formula is C12H23N5O2. The van der Waals surface area contributed by atoms with Crippen molar-refractivity contribution < 1.29 is 4.92 Å². The van der Waals surface area contributed by atoms with Gasteiger partial charge in [0.05, 0.1) is 0 Å². The smallest absolute Gasteiger partial charge is 0.358 e. The lowest BCUT2D eigenvalue weighted by molar-refractivity contribution is -0.388.